The fraction of sp³-hybridized carbons (Fsp3) is 0.353. The van der Waals surface area contributed by atoms with Gasteiger partial charge in [-0.2, -0.15) is 0 Å². The van der Waals surface area contributed by atoms with Crippen LogP contribution >= 0.6 is 11.6 Å². The van der Waals surface area contributed by atoms with Crippen molar-refractivity contribution in [3.8, 4) is 17.6 Å². The molecule has 0 bridgehead atoms. The van der Waals surface area contributed by atoms with Crippen LogP contribution < -0.4 is 4.74 Å². The molecule has 1 amide bonds. The van der Waals surface area contributed by atoms with E-state index in [2.05, 4.69) is 17.9 Å². The fourth-order valence-corrected chi connectivity index (χ4v) is 2.40. The van der Waals surface area contributed by atoms with Crippen molar-refractivity contribution >= 4 is 23.2 Å². The zero-order chi connectivity index (χ0) is 15.4. The van der Waals surface area contributed by atoms with E-state index in [9.17, 15) is 4.79 Å². The van der Waals surface area contributed by atoms with Crippen molar-refractivity contribution in [1.82, 2.24) is 4.90 Å². The Morgan fingerprint density at radius 3 is 2.86 bits per heavy atom. The Morgan fingerprint density at radius 2 is 2.23 bits per heavy atom. The third-order valence-corrected chi connectivity index (χ3v) is 3.66. The van der Waals surface area contributed by atoms with Crippen LogP contribution in [0.5, 0.6) is 5.75 Å². The first-order valence-corrected chi connectivity index (χ1v) is 7.13. The minimum Gasteiger partial charge on any atom is -0.481 e. The topological polar surface area (TPSA) is 29.5 Å². The summed E-state index contributed by atoms with van der Waals surface area (Å²) in [6, 6.07) is 5.40. The van der Waals surface area contributed by atoms with Crippen LogP contribution in [0.2, 0.25) is 5.02 Å². The Bertz CT molecular complexity index is 646. The van der Waals surface area contributed by atoms with Crippen LogP contribution in [0.15, 0.2) is 18.2 Å². The molecule has 113 valence electrons. The molecule has 22 heavy (non-hydrogen) atoms. The summed E-state index contributed by atoms with van der Waals surface area (Å²) < 4.78 is 5.47. The summed E-state index contributed by atoms with van der Waals surface area (Å²) in [5.74, 6) is 6.30. The predicted octanol–water partition coefficient (Wildman–Crippen LogP) is 3.38. The van der Waals surface area contributed by atoms with Gasteiger partial charge in [-0.05, 0) is 24.1 Å². The van der Waals surface area contributed by atoms with Crippen molar-refractivity contribution < 1.29 is 42.2 Å². The first kappa shape index (κ1) is 19.2. The zero-order valence-corrected chi connectivity index (χ0v) is 16.5. The third-order valence-electron chi connectivity index (χ3n) is 3.35. The van der Waals surface area contributed by atoms with Crippen molar-refractivity contribution in [2.24, 2.45) is 5.92 Å². The summed E-state index contributed by atoms with van der Waals surface area (Å²) in [4.78, 5) is 13.7. The fourth-order valence-electron chi connectivity index (χ4n) is 2.14. The van der Waals surface area contributed by atoms with E-state index in [1.165, 1.54) is 0 Å². The SMILES string of the molecule is CC#CCOc1ccc(C2=[C-]CC(C)C(=O)N2C)c(Cl)c1.[Y]. The van der Waals surface area contributed by atoms with E-state index < -0.39 is 0 Å². The molecule has 1 radical (unpaired) electrons. The summed E-state index contributed by atoms with van der Waals surface area (Å²) in [6.07, 6.45) is 3.86. The second kappa shape index (κ2) is 8.72. The number of halogens is 1. The summed E-state index contributed by atoms with van der Waals surface area (Å²) in [7, 11) is 1.75. The number of benzene rings is 1. The van der Waals surface area contributed by atoms with Gasteiger partial charge in [-0.15, -0.1) is 34.8 Å². The molecule has 1 aliphatic heterocycles. The maximum absolute atomic E-state index is 12.0. The predicted molar refractivity (Wildman–Crippen MR) is 83.6 cm³/mol. The summed E-state index contributed by atoms with van der Waals surface area (Å²) in [5.41, 5.74) is 1.51. The van der Waals surface area contributed by atoms with Crippen molar-refractivity contribution in [3.63, 3.8) is 0 Å². The smallest absolute Gasteiger partial charge is 0.225 e. The van der Waals surface area contributed by atoms with Gasteiger partial charge in [0.05, 0.1) is 0 Å². The molecule has 0 spiro atoms. The van der Waals surface area contributed by atoms with Crippen LogP contribution in [0.3, 0.4) is 0 Å². The van der Waals surface area contributed by atoms with Gasteiger partial charge in [-0.3, -0.25) is 4.79 Å². The molecule has 1 aliphatic rings. The molecule has 2 rings (SSSR count). The second-order valence-electron chi connectivity index (χ2n) is 4.88. The molecule has 0 N–H and O–H groups in total. The van der Waals surface area contributed by atoms with Crippen molar-refractivity contribution in [1.29, 1.82) is 0 Å². The number of nitrogens with zero attached hydrogens (tertiary/aromatic N) is 1. The molecule has 0 aromatic heterocycles. The number of amides is 1. The Balaban J connectivity index is 0.00000242. The van der Waals surface area contributed by atoms with Crippen molar-refractivity contribution in [2.45, 2.75) is 20.3 Å². The molecular weight excluding hydrogens is 375 g/mol. The second-order valence-corrected chi connectivity index (χ2v) is 5.29. The van der Waals surface area contributed by atoms with Gasteiger partial charge in [0, 0.05) is 45.7 Å². The first-order chi connectivity index (χ1) is 10.0. The van der Waals surface area contributed by atoms with E-state index in [0.29, 0.717) is 23.8 Å². The Labute approximate surface area is 161 Å². The van der Waals surface area contributed by atoms with E-state index in [4.69, 9.17) is 16.3 Å². The maximum Gasteiger partial charge on any atom is 0.225 e. The average molecular weight is 392 g/mol. The van der Waals surface area contributed by atoms with Crippen molar-refractivity contribution in [2.75, 3.05) is 13.7 Å². The van der Waals surface area contributed by atoms with Crippen molar-refractivity contribution in [3.05, 3.63) is 34.9 Å². The number of allylic oxidation sites excluding steroid dienone is 1. The molecule has 3 nitrogen and oxygen atoms in total. The molecule has 1 heterocycles. The van der Waals surface area contributed by atoms with Gasteiger partial charge in [0.1, 0.15) is 12.4 Å². The molecule has 1 aromatic carbocycles. The van der Waals surface area contributed by atoms with Crippen LogP contribution in [0.25, 0.3) is 5.70 Å². The van der Waals surface area contributed by atoms with E-state index in [1.807, 2.05) is 19.1 Å². The first-order valence-electron chi connectivity index (χ1n) is 6.75. The standard InChI is InChI=1S/C17H17ClNO2.Y/c1-4-5-10-21-13-7-8-14(15(18)11-13)16-9-6-12(2)17(20)19(16)3;/h7-8,11-12H,6,10H2,1-3H3;/q-1;. The van der Waals surface area contributed by atoms with Gasteiger partial charge in [-0.1, -0.05) is 19.3 Å². The van der Waals surface area contributed by atoms with Crippen LogP contribution in [0.4, 0.5) is 0 Å². The molecule has 0 saturated carbocycles. The number of hydrogen-bond donors (Lipinski definition) is 0. The summed E-state index contributed by atoms with van der Waals surface area (Å²) in [5, 5.41) is 0.536. The quantitative estimate of drug-likeness (QED) is 0.584. The molecule has 1 atom stereocenters. The van der Waals surface area contributed by atoms with E-state index in [1.54, 1.807) is 24.9 Å². The Hall–Kier alpha value is -0.816. The van der Waals surface area contributed by atoms with Gasteiger partial charge in [0.2, 0.25) is 5.91 Å². The number of carbonyl (C=O) groups excluding carboxylic acids is 1. The molecule has 5 heteroatoms. The molecular formula is C17H17ClNO2Y-. The normalized spacial score (nSPS) is 17.1. The van der Waals surface area contributed by atoms with E-state index >= 15 is 0 Å². The molecule has 1 aromatic rings. The van der Waals surface area contributed by atoms with Crippen LogP contribution in [0.1, 0.15) is 25.8 Å². The monoisotopic (exact) mass is 391 g/mol. The van der Waals surface area contributed by atoms with Crippen LogP contribution in [-0.4, -0.2) is 24.5 Å². The Kier molecular flexibility index (Phi) is 7.62. The molecule has 0 fully saturated rings. The average Bonchev–Trinajstić information content (AvgIpc) is 2.46. The largest absolute Gasteiger partial charge is 0.481 e. The summed E-state index contributed by atoms with van der Waals surface area (Å²) >= 11 is 6.31. The maximum atomic E-state index is 12.0. The van der Waals surface area contributed by atoms with E-state index in [0.717, 1.165) is 11.3 Å². The molecule has 0 aliphatic carbocycles. The molecule has 0 saturated heterocycles. The van der Waals surface area contributed by atoms with Gasteiger partial charge < -0.3 is 9.64 Å². The Morgan fingerprint density at radius 1 is 1.50 bits per heavy atom. The summed E-state index contributed by atoms with van der Waals surface area (Å²) in [6.45, 7) is 3.99. The zero-order valence-electron chi connectivity index (χ0n) is 12.9. The molecule has 1 unspecified atom stereocenters. The van der Waals surface area contributed by atoms with Gasteiger partial charge in [0.15, 0.2) is 0 Å². The minimum atomic E-state index is -0.0345. The van der Waals surface area contributed by atoms with E-state index in [-0.39, 0.29) is 44.5 Å². The van der Waals surface area contributed by atoms with Crippen LogP contribution in [0, 0.1) is 23.8 Å². The van der Waals surface area contributed by atoms with Gasteiger partial charge in [0.25, 0.3) is 0 Å². The number of hydrogen-bond acceptors (Lipinski definition) is 2. The third kappa shape index (κ3) is 4.35. The minimum absolute atomic E-state index is 0. The number of carbonyl (C=O) groups is 1. The number of rotatable bonds is 3. The van der Waals surface area contributed by atoms with Gasteiger partial charge >= 0.3 is 0 Å². The number of ether oxygens (including phenoxy) is 1. The van der Waals surface area contributed by atoms with Gasteiger partial charge in [-0.25, -0.2) is 6.08 Å². The van der Waals surface area contributed by atoms with Crippen LogP contribution in [-0.2, 0) is 37.5 Å².